The summed E-state index contributed by atoms with van der Waals surface area (Å²) in [5, 5.41) is 0. The van der Waals surface area contributed by atoms with Crippen LogP contribution in [0.15, 0.2) is 9.59 Å². The number of unbranched alkanes of at least 4 members (excludes halogenated alkanes) is 1. The largest absolute Gasteiger partial charge is 0.332 e. The number of aromatic nitrogens is 4. The molecule has 1 N–H and O–H groups in total. The van der Waals surface area contributed by atoms with Gasteiger partial charge in [0.15, 0.2) is 10.3 Å². The predicted molar refractivity (Wildman–Crippen MR) is 90.9 cm³/mol. The Labute approximate surface area is 134 Å². The van der Waals surface area contributed by atoms with Gasteiger partial charge in [-0.2, -0.15) is 0 Å². The van der Waals surface area contributed by atoms with E-state index in [0.717, 1.165) is 23.8 Å². The highest BCUT2D eigenvalue weighted by Gasteiger charge is 2.17. The summed E-state index contributed by atoms with van der Waals surface area (Å²) in [6.45, 7) is 5.05. The Bertz CT molecular complexity index is 840. The average molecular weight is 324 g/mol. The number of aromatic amines is 1. The zero-order valence-electron chi connectivity index (χ0n) is 13.7. The van der Waals surface area contributed by atoms with E-state index in [9.17, 15) is 9.59 Å². The number of nitrogens with one attached hydrogen (secondary N) is 1. The van der Waals surface area contributed by atoms with Gasteiger partial charge >= 0.3 is 5.69 Å². The molecule has 1 atom stereocenters. The predicted octanol–water partition coefficient (Wildman–Crippen LogP) is 2.31. The molecule has 0 aliphatic rings. The average Bonchev–Trinajstić information content (AvgIpc) is 2.84. The second-order valence-corrected chi connectivity index (χ2v) is 6.25. The quantitative estimate of drug-likeness (QED) is 0.829. The highest BCUT2D eigenvalue weighted by Crippen LogP contribution is 2.18. The normalized spacial score (nSPS) is 12.9. The van der Waals surface area contributed by atoms with Gasteiger partial charge in [-0.15, -0.1) is 0 Å². The molecule has 0 amide bonds. The van der Waals surface area contributed by atoms with Crippen molar-refractivity contribution in [1.29, 1.82) is 0 Å². The number of H-pyrrole nitrogens is 1. The van der Waals surface area contributed by atoms with Crippen molar-refractivity contribution >= 4 is 23.4 Å². The number of aryl methyl sites for hydroxylation is 1. The Morgan fingerprint density at radius 2 is 1.86 bits per heavy atom. The fourth-order valence-corrected chi connectivity index (χ4v) is 3.10. The van der Waals surface area contributed by atoms with Crippen LogP contribution in [0.1, 0.15) is 39.5 Å². The van der Waals surface area contributed by atoms with Gasteiger partial charge in [0.05, 0.1) is 0 Å². The molecule has 0 aromatic carbocycles. The Kier molecular flexibility index (Phi) is 5.05. The van der Waals surface area contributed by atoms with E-state index < -0.39 is 0 Å². The van der Waals surface area contributed by atoms with Gasteiger partial charge in [-0.1, -0.05) is 33.1 Å². The number of hydrogen-bond acceptors (Lipinski definition) is 3. The maximum absolute atomic E-state index is 12.5. The van der Waals surface area contributed by atoms with Gasteiger partial charge in [0.1, 0.15) is 5.65 Å². The summed E-state index contributed by atoms with van der Waals surface area (Å²) in [5.74, 6) is 0.479. The van der Waals surface area contributed by atoms with Crippen LogP contribution in [0.5, 0.6) is 0 Å². The van der Waals surface area contributed by atoms with Crippen LogP contribution in [0.3, 0.4) is 0 Å². The molecule has 0 radical (unpaired) electrons. The van der Waals surface area contributed by atoms with E-state index in [1.54, 1.807) is 7.05 Å². The van der Waals surface area contributed by atoms with E-state index >= 15 is 0 Å². The van der Waals surface area contributed by atoms with Crippen LogP contribution in [0.2, 0.25) is 0 Å². The Hall–Kier alpha value is -1.63. The number of rotatable bonds is 6. The molecule has 122 valence electrons. The highest BCUT2D eigenvalue weighted by atomic mass is 32.1. The van der Waals surface area contributed by atoms with Crippen LogP contribution < -0.4 is 11.2 Å². The topological polar surface area (TPSA) is 64.7 Å². The van der Waals surface area contributed by atoms with Crippen molar-refractivity contribution < 1.29 is 0 Å². The summed E-state index contributed by atoms with van der Waals surface area (Å²) in [4.78, 5) is 27.5. The first-order valence-electron chi connectivity index (χ1n) is 7.80. The van der Waals surface area contributed by atoms with Crippen molar-refractivity contribution in [2.45, 2.75) is 46.1 Å². The lowest BCUT2D eigenvalue weighted by atomic mass is 9.99. The molecule has 0 unspecified atom stereocenters. The summed E-state index contributed by atoms with van der Waals surface area (Å²) in [5.41, 5.74) is 0.350. The molecule has 2 aromatic rings. The van der Waals surface area contributed by atoms with Gasteiger partial charge in [0.2, 0.25) is 0 Å². The second-order valence-electron chi connectivity index (χ2n) is 5.86. The smallest absolute Gasteiger partial charge is 0.316 e. The van der Waals surface area contributed by atoms with Crippen LogP contribution >= 0.6 is 12.2 Å². The first-order chi connectivity index (χ1) is 10.4. The molecule has 0 spiro atoms. The molecule has 0 fully saturated rings. The maximum atomic E-state index is 12.5. The lowest BCUT2D eigenvalue weighted by Gasteiger charge is -2.15. The molecule has 0 bridgehead atoms. The molecular formula is C15H24N4O2S. The van der Waals surface area contributed by atoms with E-state index in [2.05, 4.69) is 18.8 Å². The molecule has 0 aliphatic carbocycles. The van der Waals surface area contributed by atoms with E-state index in [-0.39, 0.29) is 11.2 Å². The molecule has 0 saturated heterocycles. The maximum Gasteiger partial charge on any atom is 0.332 e. The third kappa shape index (κ3) is 2.82. The summed E-state index contributed by atoms with van der Waals surface area (Å²) < 4.78 is 4.93. The van der Waals surface area contributed by atoms with Crippen LogP contribution in [-0.2, 0) is 20.6 Å². The summed E-state index contributed by atoms with van der Waals surface area (Å²) in [7, 11) is 3.15. The van der Waals surface area contributed by atoms with Gasteiger partial charge < -0.3 is 9.55 Å². The molecule has 0 saturated carbocycles. The van der Waals surface area contributed by atoms with E-state index in [1.807, 2.05) is 4.57 Å². The van der Waals surface area contributed by atoms with E-state index in [0.29, 0.717) is 28.4 Å². The van der Waals surface area contributed by atoms with Gasteiger partial charge in [-0.3, -0.25) is 13.9 Å². The molecule has 2 aromatic heterocycles. The lowest BCUT2D eigenvalue weighted by Crippen LogP contribution is -2.37. The van der Waals surface area contributed by atoms with Crippen LogP contribution in [0, 0.1) is 10.7 Å². The van der Waals surface area contributed by atoms with Crippen molar-refractivity contribution in [2.24, 2.45) is 20.0 Å². The minimum atomic E-state index is -0.348. The number of fused-ring (bicyclic) bond motifs is 1. The minimum absolute atomic E-state index is 0.296. The summed E-state index contributed by atoms with van der Waals surface area (Å²) >= 11 is 5.38. The Balaban J connectivity index is 2.60. The number of imidazole rings is 1. The first kappa shape index (κ1) is 16.7. The standard InChI is InChI=1S/C15H24N4O2S/c1-5-7-8-10(6-2)9-19-11-12(16-14(19)22)17(3)15(21)18(4)13(11)20/h10H,5-9H2,1-4H3,(H,16,22)/t10-/m1/s1. The van der Waals surface area contributed by atoms with Gasteiger partial charge in [-0.05, 0) is 24.6 Å². The second kappa shape index (κ2) is 6.64. The molecule has 7 heteroatoms. The van der Waals surface area contributed by atoms with E-state index in [1.165, 1.54) is 18.0 Å². The molecule has 22 heavy (non-hydrogen) atoms. The van der Waals surface area contributed by atoms with Crippen molar-refractivity contribution in [3.63, 3.8) is 0 Å². The van der Waals surface area contributed by atoms with Crippen molar-refractivity contribution in [1.82, 2.24) is 18.7 Å². The zero-order valence-corrected chi connectivity index (χ0v) is 14.5. The zero-order chi connectivity index (χ0) is 16.4. The molecular weight excluding hydrogens is 300 g/mol. The molecule has 2 heterocycles. The van der Waals surface area contributed by atoms with Crippen molar-refractivity contribution in [2.75, 3.05) is 0 Å². The molecule has 0 aliphatic heterocycles. The number of hydrogen-bond donors (Lipinski definition) is 1. The van der Waals surface area contributed by atoms with Crippen LogP contribution in [0.4, 0.5) is 0 Å². The monoisotopic (exact) mass is 324 g/mol. The van der Waals surface area contributed by atoms with Crippen molar-refractivity contribution in [3.05, 3.63) is 25.6 Å². The summed E-state index contributed by atoms with van der Waals surface area (Å²) in [6.07, 6.45) is 4.49. The van der Waals surface area contributed by atoms with Crippen molar-refractivity contribution in [3.8, 4) is 0 Å². The lowest BCUT2D eigenvalue weighted by molar-refractivity contribution is 0.393. The molecule has 2 rings (SSSR count). The third-order valence-corrected chi connectivity index (χ3v) is 4.69. The molecule has 6 nitrogen and oxygen atoms in total. The van der Waals surface area contributed by atoms with Gasteiger partial charge in [0, 0.05) is 20.6 Å². The van der Waals surface area contributed by atoms with Gasteiger partial charge in [-0.25, -0.2) is 4.79 Å². The van der Waals surface area contributed by atoms with Crippen LogP contribution in [-0.4, -0.2) is 18.7 Å². The van der Waals surface area contributed by atoms with E-state index in [4.69, 9.17) is 12.2 Å². The minimum Gasteiger partial charge on any atom is -0.316 e. The Morgan fingerprint density at radius 1 is 1.18 bits per heavy atom. The first-order valence-corrected chi connectivity index (χ1v) is 8.21. The van der Waals surface area contributed by atoms with Gasteiger partial charge in [0.25, 0.3) is 5.56 Å². The third-order valence-electron chi connectivity index (χ3n) is 4.37. The number of nitrogens with zero attached hydrogens (tertiary/aromatic N) is 3. The summed E-state index contributed by atoms with van der Waals surface area (Å²) in [6, 6.07) is 0. The highest BCUT2D eigenvalue weighted by molar-refractivity contribution is 7.71. The Morgan fingerprint density at radius 3 is 2.45 bits per heavy atom. The fraction of sp³-hybridized carbons (Fsp3) is 0.667. The fourth-order valence-electron chi connectivity index (χ4n) is 2.83. The SMILES string of the molecule is CCCC[C@@H](CC)Cn1c(=S)[nH]c2c1c(=O)n(C)c(=O)n2C. The van der Waals surface area contributed by atoms with Crippen LogP contribution in [0.25, 0.3) is 11.2 Å².